The van der Waals surface area contributed by atoms with E-state index in [1.807, 2.05) is 0 Å². The highest BCUT2D eigenvalue weighted by atomic mass is 35.5. The molecule has 0 saturated heterocycles. The average Bonchev–Trinajstić information content (AvgIpc) is 2.43. The van der Waals surface area contributed by atoms with Gasteiger partial charge in [0.2, 0.25) is 0 Å². The number of anilines is 2. The average molecular weight is 306 g/mol. The van der Waals surface area contributed by atoms with Crippen LogP contribution < -0.4 is 5.32 Å². The quantitative estimate of drug-likeness (QED) is 0.737. The van der Waals surface area contributed by atoms with Crippen LogP contribution in [0.3, 0.4) is 0 Å². The van der Waals surface area contributed by atoms with Crippen molar-refractivity contribution < 1.29 is 5.11 Å². The fraction of sp³-hybridized carbons (Fsp3) is 0. The van der Waals surface area contributed by atoms with Gasteiger partial charge in [-0.1, -0.05) is 29.3 Å². The molecule has 0 spiro atoms. The number of phenolic OH excluding ortho intramolecular Hbond substituents is 1. The number of aromatic nitrogens is 2. The van der Waals surface area contributed by atoms with E-state index in [1.165, 1.54) is 6.33 Å². The first kappa shape index (κ1) is 13.0. The SMILES string of the molecule is Oc1cccc2ncnc(Nc3cc(Cl)ccc3Cl)c12. The van der Waals surface area contributed by atoms with E-state index in [1.54, 1.807) is 36.4 Å². The number of phenols is 1. The van der Waals surface area contributed by atoms with Gasteiger partial charge in [0.05, 0.1) is 21.6 Å². The summed E-state index contributed by atoms with van der Waals surface area (Å²) in [6.45, 7) is 0. The largest absolute Gasteiger partial charge is 0.507 e. The molecule has 0 radical (unpaired) electrons. The van der Waals surface area contributed by atoms with Crippen molar-refractivity contribution in [3.8, 4) is 5.75 Å². The van der Waals surface area contributed by atoms with Crippen LogP contribution in [0.15, 0.2) is 42.7 Å². The molecule has 0 aliphatic carbocycles. The summed E-state index contributed by atoms with van der Waals surface area (Å²) >= 11 is 12.1. The third-order valence-electron chi connectivity index (χ3n) is 2.82. The van der Waals surface area contributed by atoms with Gasteiger partial charge in [-0.25, -0.2) is 9.97 Å². The summed E-state index contributed by atoms with van der Waals surface area (Å²) in [6.07, 6.45) is 1.42. The number of hydrogen-bond acceptors (Lipinski definition) is 4. The summed E-state index contributed by atoms with van der Waals surface area (Å²) in [6, 6.07) is 10.2. The minimum Gasteiger partial charge on any atom is -0.507 e. The van der Waals surface area contributed by atoms with Crippen molar-refractivity contribution >= 4 is 45.6 Å². The number of halogens is 2. The van der Waals surface area contributed by atoms with Crippen LogP contribution in [0.25, 0.3) is 10.9 Å². The highest BCUT2D eigenvalue weighted by Gasteiger charge is 2.10. The zero-order valence-electron chi connectivity index (χ0n) is 10.1. The van der Waals surface area contributed by atoms with Gasteiger partial charge < -0.3 is 10.4 Å². The lowest BCUT2D eigenvalue weighted by atomic mass is 10.2. The van der Waals surface area contributed by atoms with Gasteiger partial charge >= 0.3 is 0 Å². The van der Waals surface area contributed by atoms with Gasteiger partial charge in [-0.15, -0.1) is 0 Å². The number of hydrogen-bond donors (Lipinski definition) is 2. The fourth-order valence-electron chi connectivity index (χ4n) is 1.91. The number of fused-ring (bicyclic) bond motifs is 1. The van der Waals surface area contributed by atoms with Gasteiger partial charge in [-0.2, -0.15) is 0 Å². The maximum atomic E-state index is 9.97. The van der Waals surface area contributed by atoms with Crippen molar-refractivity contribution in [2.45, 2.75) is 0 Å². The Bertz CT molecular complexity index is 787. The summed E-state index contributed by atoms with van der Waals surface area (Å²) < 4.78 is 0. The van der Waals surface area contributed by atoms with Gasteiger partial charge in [0.15, 0.2) is 0 Å². The van der Waals surface area contributed by atoms with Crippen LogP contribution in [-0.4, -0.2) is 15.1 Å². The van der Waals surface area contributed by atoms with Gasteiger partial charge in [0.1, 0.15) is 17.9 Å². The van der Waals surface area contributed by atoms with E-state index in [9.17, 15) is 5.11 Å². The first-order valence-corrected chi connectivity index (χ1v) is 6.55. The van der Waals surface area contributed by atoms with Crippen LogP contribution in [0.4, 0.5) is 11.5 Å². The van der Waals surface area contributed by atoms with Crippen molar-refractivity contribution in [2.75, 3.05) is 5.32 Å². The maximum absolute atomic E-state index is 9.97. The molecule has 4 nitrogen and oxygen atoms in total. The number of benzene rings is 2. The van der Waals surface area contributed by atoms with Gasteiger partial charge in [-0.3, -0.25) is 0 Å². The van der Waals surface area contributed by atoms with Gasteiger partial charge in [0.25, 0.3) is 0 Å². The number of nitrogens with one attached hydrogen (secondary N) is 1. The van der Waals surface area contributed by atoms with Crippen LogP contribution in [0.1, 0.15) is 0 Å². The van der Waals surface area contributed by atoms with Crippen molar-refractivity contribution in [1.82, 2.24) is 9.97 Å². The lowest BCUT2D eigenvalue weighted by Crippen LogP contribution is -1.96. The van der Waals surface area contributed by atoms with E-state index in [2.05, 4.69) is 15.3 Å². The molecule has 100 valence electrons. The Labute approximate surface area is 125 Å². The summed E-state index contributed by atoms with van der Waals surface area (Å²) in [5.41, 5.74) is 1.25. The molecule has 2 aromatic carbocycles. The summed E-state index contributed by atoms with van der Waals surface area (Å²) in [5.74, 6) is 0.570. The molecule has 0 fully saturated rings. The van der Waals surface area contributed by atoms with Crippen molar-refractivity contribution in [2.24, 2.45) is 0 Å². The first-order valence-electron chi connectivity index (χ1n) is 5.80. The third-order valence-corrected chi connectivity index (χ3v) is 3.39. The molecule has 1 aromatic heterocycles. The molecule has 0 atom stereocenters. The highest BCUT2D eigenvalue weighted by molar-refractivity contribution is 6.35. The van der Waals surface area contributed by atoms with Crippen LogP contribution in [0.2, 0.25) is 10.0 Å². The van der Waals surface area contributed by atoms with Crippen molar-refractivity contribution in [3.05, 3.63) is 52.8 Å². The smallest absolute Gasteiger partial charge is 0.145 e. The normalized spacial score (nSPS) is 10.7. The second-order valence-corrected chi connectivity index (χ2v) is 4.99. The molecule has 3 rings (SSSR count). The molecule has 0 unspecified atom stereocenters. The Morgan fingerprint density at radius 3 is 2.75 bits per heavy atom. The van der Waals surface area contributed by atoms with E-state index >= 15 is 0 Å². The molecule has 0 saturated carbocycles. The van der Waals surface area contributed by atoms with Crippen LogP contribution >= 0.6 is 23.2 Å². The minimum absolute atomic E-state index is 0.101. The predicted molar refractivity (Wildman–Crippen MR) is 80.9 cm³/mol. The summed E-state index contributed by atoms with van der Waals surface area (Å²) in [4.78, 5) is 8.26. The topological polar surface area (TPSA) is 58.0 Å². The Balaban J connectivity index is 2.13. The zero-order valence-corrected chi connectivity index (χ0v) is 11.7. The van der Waals surface area contributed by atoms with Crippen molar-refractivity contribution in [1.29, 1.82) is 0 Å². The molecule has 0 aliphatic rings. The Kier molecular flexibility index (Phi) is 3.34. The first-order chi connectivity index (χ1) is 9.65. The molecule has 3 aromatic rings. The number of nitrogens with zero attached hydrogens (tertiary/aromatic N) is 2. The third kappa shape index (κ3) is 2.35. The molecular formula is C14H9Cl2N3O. The predicted octanol–water partition coefficient (Wildman–Crippen LogP) is 4.39. The Hall–Kier alpha value is -2.04. The molecule has 1 heterocycles. The van der Waals surface area contributed by atoms with E-state index < -0.39 is 0 Å². The van der Waals surface area contributed by atoms with Crippen LogP contribution in [-0.2, 0) is 0 Å². The lowest BCUT2D eigenvalue weighted by molar-refractivity contribution is 0.481. The summed E-state index contributed by atoms with van der Waals surface area (Å²) in [5, 5.41) is 14.6. The van der Waals surface area contributed by atoms with Gasteiger partial charge in [0, 0.05) is 5.02 Å². The lowest BCUT2D eigenvalue weighted by Gasteiger charge is -2.10. The van der Waals surface area contributed by atoms with E-state index in [-0.39, 0.29) is 5.75 Å². The second-order valence-electron chi connectivity index (χ2n) is 4.14. The van der Waals surface area contributed by atoms with Crippen molar-refractivity contribution in [3.63, 3.8) is 0 Å². The molecule has 0 aliphatic heterocycles. The highest BCUT2D eigenvalue weighted by Crippen LogP contribution is 2.33. The monoisotopic (exact) mass is 305 g/mol. The standard InChI is InChI=1S/C14H9Cl2N3O/c15-8-4-5-9(16)11(6-8)19-14-13-10(17-7-18-14)2-1-3-12(13)20/h1-7,20H,(H,17,18,19). The zero-order chi connectivity index (χ0) is 14.1. The van der Waals surface area contributed by atoms with E-state index in [0.29, 0.717) is 32.5 Å². The number of rotatable bonds is 2. The molecule has 6 heteroatoms. The molecule has 2 N–H and O–H groups in total. The van der Waals surface area contributed by atoms with E-state index in [4.69, 9.17) is 23.2 Å². The Morgan fingerprint density at radius 1 is 1.05 bits per heavy atom. The van der Waals surface area contributed by atoms with Gasteiger partial charge in [-0.05, 0) is 30.3 Å². The number of aromatic hydroxyl groups is 1. The molecular weight excluding hydrogens is 297 g/mol. The van der Waals surface area contributed by atoms with E-state index in [0.717, 1.165) is 0 Å². The minimum atomic E-state index is 0.101. The Morgan fingerprint density at radius 2 is 1.90 bits per heavy atom. The molecule has 0 bridgehead atoms. The molecule has 20 heavy (non-hydrogen) atoms. The summed E-state index contributed by atoms with van der Waals surface area (Å²) in [7, 11) is 0. The maximum Gasteiger partial charge on any atom is 0.145 e. The molecule has 0 amide bonds. The van der Waals surface area contributed by atoms with Crippen LogP contribution in [0.5, 0.6) is 5.75 Å². The van der Waals surface area contributed by atoms with Crippen LogP contribution in [0, 0.1) is 0 Å². The second kappa shape index (κ2) is 5.15. The fourth-order valence-corrected chi connectivity index (χ4v) is 2.24.